The maximum atomic E-state index is 11.0. The average molecular weight is 219 g/mol. The summed E-state index contributed by atoms with van der Waals surface area (Å²) in [4.78, 5) is 23.2. The van der Waals surface area contributed by atoms with Crippen LogP contribution in [-0.4, -0.2) is 26.0 Å². The summed E-state index contributed by atoms with van der Waals surface area (Å²) in [6.45, 7) is 0. The largest absolute Gasteiger partial charge is 0.480 e. The van der Waals surface area contributed by atoms with Crippen LogP contribution in [0.2, 0.25) is 0 Å². The Balaban J connectivity index is 2.36. The minimum atomic E-state index is -0.891. The van der Waals surface area contributed by atoms with Gasteiger partial charge in [-0.25, -0.2) is 15.0 Å². The second-order valence-electron chi connectivity index (χ2n) is 3.11. The Morgan fingerprint density at radius 2 is 2.27 bits per heavy atom. The molecule has 0 saturated heterocycles. The number of aliphatic carboxylic acids is 1. The van der Waals surface area contributed by atoms with E-state index in [4.69, 9.17) is 5.11 Å². The van der Waals surface area contributed by atoms with Gasteiger partial charge in [0.05, 0.1) is 16.6 Å². The predicted octanol–water partition coefficient (Wildman–Crippen LogP) is 1.26. The first-order valence-electron chi connectivity index (χ1n) is 4.26. The van der Waals surface area contributed by atoms with Crippen molar-refractivity contribution in [1.29, 1.82) is 0 Å². The number of rotatable bonds is 1. The number of aromatic nitrogens is 3. The Morgan fingerprint density at radius 1 is 1.40 bits per heavy atom. The molecule has 2 aromatic heterocycles. The zero-order valence-corrected chi connectivity index (χ0v) is 8.23. The molecule has 1 unspecified atom stereocenters. The smallest absolute Gasteiger partial charge is 0.323 e. The van der Waals surface area contributed by atoms with Crippen LogP contribution in [0.1, 0.15) is 10.9 Å². The Labute approximate surface area is 88.6 Å². The van der Waals surface area contributed by atoms with Gasteiger partial charge in [-0.15, -0.1) is 0 Å². The van der Waals surface area contributed by atoms with Gasteiger partial charge in [-0.1, -0.05) is 11.8 Å². The molecule has 0 spiro atoms. The number of thioether (sulfide) groups is 1. The summed E-state index contributed by atoms with van der Waals surface area (Å²) in [5.41, 5.74) is 1.31. The highest BCUT2D eigenvalue weighted by molar-refractivity contribution is 8.00. The molecule has 2 aromatic rings. The van der Waals surface area contributed by atoms with Crippen molar-refractivity contribution in [3.63, 3.8) is 0 Å². The predicted molar refractivity (Wildman–Crippen MR) is 53.6 cm³/mol. The van der Waals surface area contributed by atoms with Gasteiger partial charge in [-0.2, -0.15) is 0 Å². The number of nitrogens with zero attached hydrogens (tertiary/aromatic N) is 3. The maximum Gasteiger partial charge on any atom is 0.323 e. The molecule has 3 heterocycles. The van der Waals surface area contributed by atoms with Gasteiger partial charge in [0.25, 0.3) is 0 Å². The lowest BCUT2D eigenvalue weighted by Crippen LogP contribution is -2.06. The molecule has 0 amide bonds. The van der Waals surface area contributed by atoms with E-state index in [1.165, 1.54) is 18.1 Å². The van der Waals surface area contributed by atoms with E-state index in [0.29, 0.717) is 10.7 Å². The maximum absolute atomic E-state index is 11.0. The number of hydrogen-bond donors (Lipinski definition) is 1. The minimum Gasteiger partial charge on any atom is -0.480 e. The van der Waals surface area contributed by atoms with Crippen molar-refractivity contribution in [2.24, 2.45) is 0 Å². The van der Waals surface area contributed by atoms with Crippen LogP contribution in [0.5, 0.6) is 0 Å². The highest BCUT2D eigenvalue weighted by Gasteiger charge is 2.33. The molecule has 0 bridgehead atoms. The normalized spacial score (nSPS) is 18.3. The monoisotopic (exact) mass is 219 g/mol. The SMILES string of the molecule is O=C(O)C1Sc2nccc3ncnc1c23. The zero-order chi connectivity index (χ0) is 10.4. The highest BCUT2D eigenvalue weighted by atomic mass is 32.2. The van der Waals surface area contributed by atoms with E-state index in [1.807, 2.05) is 0 Å². The molecular weight excluding hydrogens is 214 g/mol. The standard InChI is InChI=1S/C9H5N3O2S/c13-9(14)7-6-5-4(11-3-12-6)1-2-10-8(5)15-7/h1-3,7H,(H,13,14). The van der Waals surface area contributed by atoms with Crippen LogP contribution in [0.25, 0.3) is 10.9 Å². The van der Waals surface area contributed by atoms with E-state index in [1.54, 1.807) is 12.3 Å². The third-order valence-electron chi connectivity index (χ3n) is 2.25. The van der Waals surface area contributed by atoms with E-state index in [-0.39, 0.29) is 0 Å². The Bertz CT molecular complexity index is 567. The third kappa shape index (κ3) is 1.11. The topological polar surface area (TPSA) is 76.0 Å². The molecule has 5 nitrogen and oxygen atoms in total. The number of pyridine rings is 1. The number of carbonyl (C=O) groups is 1. The van der Waals surface area contributed by atoms with E-state index in [2.05, 4.69) is 15.0 Å². The Kier molecular flexibility index (Phi) is 1.66. The fraction of sp³-hybridized carbons (Fsp3) is 0.111. The summed E-state index contributed by atoms with van der Waals surface area (Å²) in [5, 5.41) is 9.86. The molecule has 0 saturated carbocycles. The van der Waals surface area contributed by atoms with Crippen molar-refractivity contribution < 1.29 is 9.90 Å². The molecule has 0 fully saturated rings. The molecule has 0 aliphatic carbocycles. The molecular formula is C9H5N3O2S. The molecule has 74 valence electrons. The number of carboxylic acid groups (broad SMARTS) is 1. The first kappa shape index (κ1) is 8.60. The summed E-state index contributed by atoms with van der Waals surface area (Å²) >= 11 is 1.21. The summed E-state index contributed by atoms with van der Waals surface area (Å²) < 4.78 is 0. The van der Waals surface area contributed by atoms with Crippen molar-refractivity contribution in [2.45, 2.75) is 10.3 Å². The zero-order valence-electron chi connectivity index (χ0n) is 7.41. The minimum absolute atomic E-state index is 0.556. The van der Waals surface area contributed by atoms with Gasteiger partial charge in [0, 0.05) is 6.20 Å². The van der Waals surface area contributed by atoms with Crippen molar-refractivity contribution >= 4 is 28.6 Å². The van der Waals surface area contributed by atoms with E-state index in [9.17, 15) is 4.79 Å². The van der Waals surface area contributed by atoms with Crippen molar-refractivity contribution in [1.82, 2.24) is 15.0 Å². The van der Waals surface area contributed by atoms with Crippen molar-refractivity contribution in [2.75, 3.05) is 0 Å². The summed E-state index contributed by atoms with van der Waals surface area (Å²) in [5.74, 6) is -0.891. The van der Waals surface area contributed by atoms with Crippen LogP contribution in [0.15, 0.2) is 23.6 Å². The van der Waals surface area contributed by atoms with Crippen LogP contribution >= 0.6 is 11.8 Å². The highest BCUT2D eigenvalue weighted by Crippen LogP contribution is 2.46. The fourth-order valence-corrected chi connectivity index (χ4v) is 2.69. The van der Waals surface area contributed by atoms with Gasteiger partial charge >= 0.3 is 5.97 Å². The van der Waals surface area contributed by atoms with Gasteiger partial charge in [0.15, 0.2) is 5.25 Å². The first-order chi connectivity index (χ1) is 7.27. The molecule has 1 atom stereocenters. The van der Waals surface area contributed by atoms with Gasteiger partial charge in [-0.05, 0) is 6.07 Å². The van der Waals surface area contributed by atoms with Gasteiger partial charge in [0.1, 0.15) is 11.4 Å². The lowest BCUT2D eigenvalue weighted by atomic mass is 10.2. The van der Waals surface area contributed by atoms with Crippen LogP contribution in [0.4, 0.5) is 0 Å². The number of carboxylic acids is 1. The van der Waals surface area contributed by atoms with Crippen LogP contribution in [0.3, 0.4) is 0 Å². The molecule has 6 heteroatoms. The van der Waals surface area contributed by atoms with Gasteiger partial charge in [-0.3, -0.25) is 4.79 Å². The Morgan fingerprint density at radius 3 is 3.07 bits per heavy atom. The third-order valence-corrected chi connectivity index (χ3v) is 3.44. The summed E-state index contributed by atoms with van der Waals surface area (Å²) in [6.07, 6.45) is 3.02. The van der Waals surface area contributed by atoms with E-state index >= 15 is 0 Å². The second kappa shape index (κ2) is 2.90. The van der Waals surface area contributed by atoms with Gasteiger partial charge in [0.2, 0.25) is 0 Å². The Hall–Kier alpha value is -1.69. The summed E-state index contributed by atoms with van der Waals surface area (Å²) in [7, 11) is 0. The van der Waals surface area contributed by atoms with Crippen molar-refractivity contribution in [3.8, 4) is 0 Å². The van der Waals surface area contributed by atoms with Gasteiger partial charge < -0.3 is 5.11 Å². The van der Waals surface area contributed by atoms with Crippen LogP contribution in [-0.2, 0) is 4.79 Å². The van der Waals surface area contributed by atoms with E-state index < -0.39 is 11.2 Å². The van der Waals surface area contributed by atoms with Crippen LogP contribution < -0.4 is 0 Å². The molecule has 1 aliphatic rings. The molecule has 1 aliphatic heterocycles. The van der Waals surface area contributed by atoms with E-state index in [0.717, 1.165) is 10.9 Å². The lowest BCUT2D eigenvalue weighted by Gasteiger charge is -2.01. The second-order valence-corrected chi connectivity index (χ2v) is 4.20. The summed E-state index contributed by atoms with van der Waals surface area (Å²) in [6, 6.07) is 1.76. The fourth-order valence-electron chi connectivity index (χ4n) is 1.62. The molecule has 3 rings (SSSR count). The molecule has 1 N–H and O–H groups in total. The van der Waals surface area contributed by atoms with Crippen molar-refractivity contribution in [3.05, 3.63) is 24.3 Å². The average Bonchev–Trinajstić information content (AvgIpc) is 2.61. The number of hydrogen-bond acceptors (Lipinski definition) is 5. The lowest BCUT2D eigenvalue weighted by molar-refractivity contribution is -0.136. The molecule has 0 radical (unpaired) electrons. The molecule has 0 aromatic carbocycles. The molecule has 15 heavy (non-hydrogen) atoms. The quantitative estimate of drug-likeness (QED) is 0.778. The first-order valence-corrected chi connectivity index (χ1v) is 5.14. The van der Waals surface area contributed by atoms with Crippen LogP contribution in [0, 0.1) is 0 Å².